The number of nitrogens with zero attached hydrogens (tertiary/aromatic N) is 2. The number of anilines is 1. The van der Waals surface area contributed by atoms with Gasteiger partial charge in [-0.1, -0.05) is 24.3 Å². The van der Waals surface area contributed by atoms with Crippen molar-refractivity contribution in [3.05, 3.63) is 58.1 Å². The van der Waals surface area contributed by atoms with E-state index in [9.17, 15) is 4.79 Å². The summed E-state index contributed by atoms with van der Waals surface area (Å²) in [6.45, 7) is 6.80. The molecule has 3 rings (SSSR count). The number of nitrogens with one attached hydrogen (secondary N) is 1. The van der Waals surface area contributed by atoms with E-state index < -0.39 is 0 Å². The van der Waals surface area contributed by atoms with E-state index in [0.29, 0.717) is 11.7 Å². The monoisotopic (exact) mass is 283 g/mol. The van der Waals surface area contributed by atoms with E-state index in [1.54, 1.807) is 17.0 Å². The molecule has 1 atom stereocenters. The molecule has 1 aliphatic rings. The van der Waals surface area contributed by atoms with Gasteiger partial charge in [-0.3, -0.25) is 4.79 Å². The van der Waals surface area contributed by atoms with Crippen molar-refractivity contribution in [1.82, 2.24) is 9.55 Å². The molecule has 0 saturated carbocycles. The Bertz CT molecular complexity index is 712. The van der Waals surface area contributed by atoms with E-state index in [1.165, 1.54) is 11.1 Å². The molecule has 1 heterocycles. The smallest absolute Gasteiger partial charge is 0.293 e. The van der Waals surface area contributed by atoms with E-state index in [0.717, 1.165) is 13.0 Å². The Balaban J connectivity index is 1.74. The molecule has 1 unspecified atom stereocenters. The minimum absolute atomic E-state index is 0.0578. The van der Waals surface area contributed by atoms with Crippen LogP contribution in [0.5, 0.6) is 0 Å². The van der Waals surface area contributed by atoms with Crippen molar-refractivity contribution in [1.29, 1.82) is 0 Å². The minimum atomic E-state index is -0.237. The fourth-order valence-corrected chi connectivity index (χ4v) is 2.83. The molecule has 1 N–H and O–H groups in total. The highest BCUT2D eigenvalue weighted by atomic mass is 16.1. The van der Waals surface area contributed by atoms with Gasteiger partial charge in [-0.05, 0) is 38.3 Å². The van der Waals surface area contributed by atoms with Crippen LogP contribution in [0.2, 0.25) is 0 Å². The predicted octanol–water partition coefficient (Wildman–Crippen LogP) is 2.75. The Morgan fingerprint density at radius 3 is 2.81 bits per heavy atom. The SMILES string of the molecule is CC(C)(C)n1ccnc(NCC2Cc3ccccc32)c1=O. The summed E-state index contributed by atoms with van der Waals surface area (Å²) in [6, 6.07) is 8.47. The second kappa shape index (κ2) is 5.02. The normalized spacial score (nSPS) is 17.0. The van der Waals surface area contributed by atoms with E-state index in [-0.39, 0.29) is 11.1 Å². The topological polar surface area (TPSA) is 46.9 Å². The molecule has 110 valence electrons. The van der Waals surface area contributed by atoms with Crippen LogP contribution in [0.15, 0.2) is 41.5 Å². The predicted molar refractivity (Wildman–Crippen MR) is 84.9 cm³/mol. The van der Waals surface area contributed by atoms with Gasteiger partial charge >= 0.3 is 0 Å². The van der Waals surface area contributed by atoms with Crippen molar-refractivity contribution >= 4 is 5.82 Å². The molecule has 1 aromatic heterocycles. The van der Waals surface area contributed by atoms with Crippen LogP contribution < -0.4 is 10.9 Å². The highest BCUT2D eigenvalue weighted by Gasteiger charge is 2.25. The van der Waals surface area contributed by atoms with E-state index in [4.69, 9.17) is 0 Å². The quantitative estimate of drug-likeness (QED) is 0.942. The third-order valence-electron chi connectivity index (χ3n) is 4.04. The Hall–Kier alpha value is -2.10. The van der Waals surface area contributed by atoms with Gasteiger partial charge in [-0.2, -0.15) is 0 Å². The number of benzene rings is 1. The maximum atomic E-state index is 12.4. The second-order valence-corrected chi connectivity index (χ2v) is 6.60. The number of rotatable bonds is 3. The van der Waals surface area contributed by atoms with Crippen molar-refractivity contribution in [2.24, 2.45) is 0 Å². The lowest BCUT2D eigenvalue weighted by Gasteiger charge is -2.30. The van der Waals surface area contributed by atoms with Crippen molar-refractivity contribution in [3.8, 4) is 0 Å². The van der Waals surface area contributed by atoms with Crippen molar-refractivity contribution in [2.45, 2.75) is 38.6 Å². The van der Waals surface area contributed by atoms with Gasteiger partial charge in [0.05, 0.1) is 0 Å². The zero-order chi connectivity index (χ0) is 15.0. The molecule has 0 amide bonds. The molecular weight excluding hydrogens is 262 g/mol. The molecule has 21 heavy (non-hydrogen) atoms. The number of fused-ring (bicyclic) bond motifs is 1. The maximum Gasteiger partial charge on any atom is 0.293 e. The van der Waals surface area contributed by atoms with Crippen LogP contribution >= 0.6 is 0 Å². The lowest BCUT2D eigenvalue weighted by Crippen LogP contribution is -2.36. The number of hydrogen-bond donors (Lipinski definition) is 1. The highest BCUT2D eigenvalue weighted by Crippen LogP contribution is 2.34. The zero-order valence-corrected chi connectivity index (χ0v) is 12.8. The molecule has 4 heteroatoms. The van der Waals surface area contributed by atoms with Crippen LogP contribution in [0.3, 0.4) is 0 Å². The summed E-state index contributed by atoms with van der Waals surface area (Å²) < 4.78 is 1.72. The molecule has 1 aliphatic carbocycles. The van der Waals surface area contributed by atoms with E-state index in [2.05, 4.69) is 34.6 Å². The van der Waals surface area contributed by atoms with Gasteiger partial charge in [-0.25, -0.2) is 4.98 Å². The molecule has 2 aromatic rings. The van der Waals surface area contributed by atoms with Gasteiger partial charge in [0.2, 0.25) is 0 Å². The summed E-state index contributed by atoms with van der Waals surface area (Å²) in [5.74, 6) is 0.919. The van der Waals surface area contributed by atoms with Crippen molar-refractivity contribution < 1.29 is 0 Å². The fourth-order valence-electron chi connectivity index (χ4n) is 2.83. The first-order valence-corrected chi connectivity index (χ1v) is 7.36. The van der Waals surface area contributed by atoms with Gasteiger partial charge in [0.25, 0.3) is 5.56 Å². The molecule has 0 fully saturated rings. The summed E-state index contributed by atoms with van der Waals surface area (Å²) in [7, 11) is 0. The molecule has 4 nitrogen and oxygen atoms in total. The maximum absolute atomic E-state index is 12.4. The Labute approximate surface area is 124 Å². The Kier molecular flexibility index (Phi) is 3.32. The summed E-state index contributed by atoms with van der Waals surface area (Å²) >= 11 is 0. The van der Waals surface area contributed by atoms with Crippen molar-refractivity contribution in [2.75, 3.05) is 11.9 Å². The summed E-state index contributed by atoms with van der Waals surface area (Å²) in [6.07, 6.45) is 4.50. The summed E-state index contributed by atoms with van der Waals surface area (Å²) in [5.41, 5.74) is 2.51. The van der Waals surface area contributed by atoms with Gasteiger partial charge in [0.1, 0.15) is 0 Å². The first-order chi connectivity index (χ1) is 9.97. The lowest BCUT2D eigenvalue weighted by molar-refractivity contribution is 0.383. The van der Waals surface area contributed by atoms with E-state index in [1.807, 2.05) is 20.8 Å². The van der Waals surface area contributed by atoms with Gasteiger partial charge in [0, 0.05) is 30.4 Å². The molecule has 1 aromatic carbocycles. The number of hydrogen-bond acceptors (Lipinski definition) is 3. The van der Waals surface area contributed by atoms with Crippen LogP contribution in [0.1, 0.15) is 37.8 Å². The van der Waals surface area contributed by atoms with Crippen LogP contribution in [0.25, 0.3) is 0 Å². The first-order valence-electron chi connectivity index (χ1n) is 7.36. The molecule has 0 spiro atoms. The summed E-state index contributed by atoms with van der Waals surface area (Å²) in [4.78, 5) is 16.6. The van der Waals surface area contributed by atoms with E-state index >= 15 is 0 Å². The molecule has 0 aliphatic heterocycles. The minimum Gasteiger partial charge on any atom is -0.365 e. The molecule has 0 radical (unpaired) electrons. The van der Waals surface area contributed by atoms with Gasteiger partial charge < -0.3 is 9.88 Å². The standard InChI is InChI=1S/C17H21N3O/c1-17(2,3)20-9-8-18-15(16(20)21)19-11-13-10-12-6-4-5-7-14(12)13/h4-9,13H,10-11H2,1-3H3,(H,18,19). The second-order valence-electron chi connectivity index (χ2n) is 6.60. The van der Waals surface area contributed by atoms with Crippen molar-refractivity contribution in [3.63, 3.8) is 0 Å². The van der Waals surface area contributed by atoms with Crippen LogP contribution in [0, 0.1) is 0 Å². The van der Waals surface area contributed by atoms with Gasteiger partial charge in [-0.15, -0.1) is 0 Å². The van der Waals surface area contributed by atoms with Crippen LogP contribution in [-0.2, 0) is 12.0 Å². The van der Waals surface area contributed by atoms with Crippen LogP contribution in [0.4, 0.5) is 5.82 Å². The average molecular weight is 283 g/mol. The Morgan fingerprint density at radius 2 is 2.10 bits per heavy atom. The number of aromatic nitrogens is 2. The third kappa shape index (κ3) is 2.58. The Morgan fingerprint density at radius 1 is 1.33 bits per heavy atom. The highest BCUT2D eigenvalue weighted by molar-refractivity contribution is 5.42. The fraction of sp³-hybridized carbons (Fsp3) is 0.412. The lowest BCUT2D eigenvalue weighted by atomic mass is 9.78. The summed E-state index contributed by atoms with van der Waals surface area (Å²) in [5, 5.41) is 3.22. The average Bonchev–Trinajstić information content (AvgIpc) is 2.40. The third-order valence-corrected chi connectivity index (χ3v) is 4.04. The molecule has 0 saturated heterocycles. The van der Waals surface area contributed by atoms with Crippen LogP contribution in [-0.4, -0.2) is 16.1 Å². The van der Waals surface area contributed by atoms with Gasteiger partial charge in [0.15, 0.2) is 5.82 Å². The zero-order valence-electron chi connectivity index (χ0n) is 12.8. The first kappa shape index (κ1) is 13.9. The largest absolute Gasteiger partial charge is 0.365 e. The molecule has 0 bridgehead atoms. The molecular formula is C17H21N3O.